The summed E-state index contributed by atoms with van der Waals surface area (Å²) < 4.78 is 22.8. The van der Waals surface area contributed by atoms with Crippen LogP contribution in [0.4, 0.5) is 5.95 Å². The molecule has 1 fully saturated rings. The van der Waals surface area contributed by atoms with Crippen LogP contribution in [0, 0.1) is 12.8 Å². The highest BCUT2D eigenvalue weighted by Gasteiger charge is 2.27. The van der Waals surface area contributed by atoms with E-state index in [1.807, 2.05) is 13.0 Å². The van der Waals surface area contributed by atoms with E-state index in [-0.39, 0.29) is 11.7 Å². The molecule has 1 aromatic heterocycles. The number of aryl methyl sites for hydroxylation is 1. The summed E-state index contributed by atoms with van der Waals surface area (Å²) in [5.74, 6) is 1.73. The van der Waals surface area contributed by atoms with Crippen LogP contribution in [0.3, 0.4) is 0 Å². The molecular formula is C13H21N3O2S. The highest BCUT2D eigenvalue weighted by molar-refractivity contribution is 7.91. The second-order valence-electron chi connectivity index (χ2n) is 5.56. The molecule has 1 saturated heterocycles. The van der Waals surface area contributed by atoms with Gasteiger partial charge in [0.25, 0.3) is 0 Å². The van der Waals surface area contributed by atoms with Crippen molar-refractivity contribution >= 4 is 15.8 Å². The maximum atomic E-state index is 11.4. The van der Waals surface area contributed by atoms with E-state index >= 15 is 0 Å². The van der Waals surface area contributed by atoms with Crippen molar-refractivity contribution in [2.75, 3.05) is 23.4 Å². The monoisotopic (exact) mass is 283 g/mol. The smallest absolute Gasteiger partial charge is 0.223 e. The van der Waals surface area contributed by atoms with Crippen molar-refractivity contribution in [1.82, 2.24) is 9.97 Å². The van der Waals surface area contributed by atoms with Gasteiger partial charge in [-0.1, -0.05) is 13.8 Å². The lowest BCUT2D eigenvalue weighted by Gasteiger charge is -2.12. The van der Waals surface area contributed by atoms with Crippen molar-refractivity contribution in [3.8, 4) is 0 Å². The zero-order valence-corrected chi connectivity index (χ0v) is 12.5. The minimum absolute atomic E-state index is 0.177. The molecule has 2 rings (SSSR count). The van der Waals surface area contributed by atoms with Gasteiger partial charge in [-0.2, -0.15) is 0 Å². The molecule has 0 amide bonds. The average Bonchev–Trinajstić information content (AvgIpc) is 2.65. The molecular weight excluding hydrogens is 262 g/mol. The Morgan fingerprint density at radius 3 is 2.74 bits per heavy atom. The fourth-order valence-electron chi connectivity index (χ4n) is 2.24. The second kappa shape index (κ2) is 5.45. The first-order valence-corrected chi connectivity index (χ1v) is 8.48. The minimum atomic E-state index is -2.81. The summed E-state index contributed by atoms with van der Waals surface area (Å²) in [6, 6.07) is 1.98. The molecule has 0 aromatic carbocycles. The molecule has 106 valence electrons. The predicted octanol–water partition coefficient (Wildman–Crippen LogP) is 1.76. The third kappa shape index (κ3) is 3.89. The topological polar surface area (TPSA) is 72.0 Å². The van der Waals surface area contributed by atoms with Gasteiger partial charge in [-0.25, -0.2) is 18.4 Å². The summed E-state index contributed by atoms with van der Waals surface area (Å²) in [7, 11) is -2.81. The number of nitrogens with one attached hydrogen (secondary N) is 1. The Morgan fingerprint density at radius 2 is 2.16 bits per heavy atom. The van der Waals surface area contributed by atoms with Gasteiger partial charge in [0.1, 0.15) is 0 Å². The standard InChI is InChI=1S/C13H21N3O2S/c1-9(2)12-6-10(3)15-13(16-12)14-7-11-4-5-19(17,18)8-11/h6,9,11H,4-5,7-8H2,1-3H3,(H,14,15,16). The van der Waals surface area contributed by atoms with Gasteiger partial charge in [0.15, 0.2) is 9.84 Å². The lowest BCUT2D eigenvalue weighted by atomic mass is 10.1. The second-order valence-corrected chi connectivity index (χ2v) is 7.79. The molecule has 0 saturated carbocycles. The van der Waals surface area contributed by atoms with Crippen LogP contribution in [0.5, 0.6) is 0 Å². The SMILES string of the molecule is Cc1cc(C(C)C)nc(NCC2CCS(=O)(=O)C2)n1. The molecule has 1 aliphatic rings. The first-order valence-electron chi connectivity index (χ1n) is 6.65. The van der Waals surface area contributed by atoms with E-state index < -0.39 is 9.84 Å². The van der Waals surface area contributed by atoms with E-state index in [9.17, 15) is 8.42 Å². The Bertz CT molecular complexity index is 555. The van der Waals surface area contributed by atoms with E-state index in [2.05, 4.69) is 29.1 Å². The molecule has 2 heterocycles. The fraction of sp³-hybridized carbons (Fsp3) is 0.692. The summed E-state index contributed by atoms with van der Waals surface area (Å²) in [5.41, 5.74) is 1.94. The molecule has 1 atom stereocenters. The number of nitrogens with zero attached hydrogens (tertiary/aromatic N) is 2. The molecule has 6 heteroatoms. The molecule has 5 nitrogen and oxygen atoms in total. The normalized spacial score (nSPS) is 21.8. The summed E-state index contributed by atoms with van der Waals surface area (Å²) >= 11 is 0. The van der Waals surface area contributed by atoms with E-state index in [4.69, 9.17) is 0 Å². The van der Waals surface area contributed by atoms with Gasteiger partial charge in [0.2, 0.25) is 5.95 Å². The Kier molecular flexibility index (Phi) is 4.08. The van der Waals surface area contributed by atoms with Crippen molar-refractivity contribution in [3.05, 3.63) is 17.5 Å². The number of anilines is 1. The Balaban J connectivity index is 2.00. The van der Waals surface area contributed by atoms with Crippen LogP contribution in [0.15, 0.2) is 6.07 Å². The number of sulfone groups is 1. The van der Waals surface area contributed by atoms with Crippen LogP contribution >= 0.6 is 0 Å². The molecule has 0 radical (unpaired) electrons. The van der Waals surface area contributed by atoms with Crippen molar-refractivity contribution in [2.45, 2.75) is 33.1 Å². The van der Waals surface area contributed by atoms with Crippen molar-refractivity contribution in [3.63, 3.8) is 0 Å². The predicted molar refractivity (Wildman–Crippen MR) is 76.1 cm³/mol. The minimum Gasteiger partial charge on any atom is -0.354 e. The van der Waals surface area contributed by atoms with Gasteiger partial charge in [-0.15, -0.1) is 0 Å². The molecule has 0 spiro atoms. The molecule has 1 aliphatic heterocycles. The highest BCUT2D eigenvalue weighted by Crippen LogP contribution is 2.19. The molecule has 0 bridgehead atoms. The van der Waals surface area contributed by atoms with Gasteiger partial charge in [-0.05, 0) is 31.2 Å². The van der Waals surface area contributed by atoms with E-state index in [0.717, 1.165) is 17.8 Å². The summed E-state index contributed by atoms with van der Waals surface area (Å²) in [5, 5.41) is 3.17. The molecule has 1 aromatic rings. The van der Waals surface area contributed by atoms with Crippen LogP contribution in [0.2, 0.25) is 0 Å². The average molecular weight is 283 g/mol. The molecule has 1 N–H and O–H groups in total. The number of rotatable bonds is 4. The lowest BCUT2D eigenvalue weighted by Crippen LogP contribution is -2.17. The Hall–Kier alpha value is -1.17. The first kappa shape index (κ1) is 14.2. The van der Waals surface area contributed by atoms with Crippen LogP contribution in [0.1, 0.15) is 37.6 Å². The quantitative estimate of drug-likeness (QED) is 0.911. The summed E-state index contributed by atoms with van der Waals surface area (Å²) in [6.45, 7) is 6.75. The van der Waals surface area contributed by atoms with Crippen molar-refractivity contribution in [1.29, 1.82) is 0 Å². The summed E-state index contributed by atoms with van der Waals surface area (Å²) in [6.07, 6.45) is 0.734. The number of aromatic nitrogens is 2. The van der Waals surface area contributed by atoms with E-state index in [0.29, 0.717) is 24.2 Å². The van der Waals surface area contributed by atoms with Gasteiger partial charge in [0.05, 0.1) is 11.5 Å². The van der Waals surface area contributed by atoms with Crippen molar-refractivity contribution in [2.24, 2.45) is 5.92 Å². The van der Waals surface area contributed by atoms with Gasteiger partial charge in [0, 0.05) is 17.9 Å². The van der Waals surface area contributed by atoms with Gasteiger partial charge >= 0.3 is 0 Å². The van der Waals surface area contributed by atoms with Gasteiger partial charge < -0.3 is 5.32 Å². The zero-order chi connectivity index (χ0) is 14.0. The maximum absolute atomic E-state index is 11.4. The number of hydrogen-bond acceptors (Lipinski definition) is 5. The molecule has 0 aliphatic carbocycles. The first-order chi connectivity index (χ1) is 8.85. The highest BCUT2D eigenvalue weighted by atomic mass is 32.2. The summed E-state index contributed by atoms with van der Waals surface area (Å²) in [4.78, 5) is 8.80. The molecule has 19 heavy (non-hydrogen) atoms. The van der Waals surface area contributed by atoms with Crippen LogP contribution in [0.25, 0.3) is 0 Å². The van der Waals surface area contributed by atoms with E-state index in [1.54, 1.807) is 0 Å². The fourth-order valence-corrected chi connectivity index (χ4v) is 4.10. The lowest BCUT2D eigenvalue weighted by molar-refractivity contribution is 0.595. The van der Waals surface area contributed by atoms with Crippen molar-refractivity contribution < 1.29 is 8.42 Å². The Labute approximate surface area is 114 Å². The van der Waals surface area contributed by atoms with Gasteiger partial charge in [-0.3, -0.25) is 0 Å². The largest absolute Gasteiger partial charge is 0.354 e. The van der Waals surface area contributed by atoms with Crippen LogP contribution in [-0.4, -0.2) is 36.4 Å². The van der Waals surface area contributed by atoms with Crippen LogP contribution in [-0.2, 0) is 9.84 Å². The molecule has 1 unspecified atom stereocenters. The third-order valence-corrected chi connectivity index (χ3v) is 5.18. The van der Waals surface area contributed by atoms with Crippen LogP contribution < -0.4 is 5.32 Å². The van der Waals surface area contributed by atoms with E-state index in [1.165, 1.54) is 0 Å². The Morgan fingerprint density at radius 1 is 1.42 bits per heavy atom. The number of hydrogen-bond donors (Lipinski definition) is 1. The maximum Gasteiger partial charge on any atom is 0.223 e. The zero-order valence-electron chi connectivity index (χ0n) is 11.7. The third-order valence-electron chi connectivity index (χ3n) is 3.34.